The minimum Gasteiger partial charge on any atom is -0.486 e. The van der Waals surface area contributed by atoms with Crippen LogP contribution in [0.2, 0.25) is 5.02 Å². The van der Waals surface area contributed by atoms with Crippen molar-refractivity contribution in [2.45, 2.75) is 31.6 Å². The predicted molar refractivity (Wildman–Crippen MR) is 112 cm³/mol. The lowest BCUT2D eigenvalue weighted by Crippen LogP contribution is -2.48. The molecule has 2 aliphatic heterocycles. The number of nitrogens with zero attached hydrogens (tertiary/aromatic N) is 2. The molecule has 0 atom stereocenters. The Labute approximate surface area is 187 Å². The summed E-state index contributed by atoms with van der Waals surface area (Å²) in [5.41, 5.74) is 0.0198. The van der Waals surface area contributed by atoms with Crippen LogP contribution < -0.4 is 25.0 Å². The lowest BCUT2D eigenvalue weighted by Gasteiger charge is -2.33. The van der Waals surface area contributed by atoms with E-state index < -0.39 is 11.7 Å². The number of carbonyl (C=O) groups excluding carboxylic acids is 1. The van der Waals surface area contributed by atoms with Crippen LogP contribution in [0.1, 0.15) is 24.0 Å². The number of benzene rings is 1. The number of anilines is 1. The summed E-state index contributed by atoms with van der Waals surface area (Å²) >= 11 is 6.21. The van der Waals surface area contributed by atoms with Gasteiger partial charge >= 0.3 is 12.2 Å². The fourth-order valence-electron chi connectivity index (χ4n) is 3.68. The first-order valence-corrected chi connectivity index (χ1v) is 10.6. The number of urea groups is 1. The molecule has 0 saturated carbocycles. The number of alkyl halides is 3. The number of nitrogens with one attached hydrogen (secondary N) is 2. The molecule has 0 unspecified atom stereocenters. The van der Waals surface area contributed by atoms with Crippen LogP contribution in [-0.2, 0) is 12.7 Å². The van der Waals surface area contributed by atoms with Crippen molar-refractivity contribution in [3.05, 3.63) is 46.6 Å². The maximum Gasteiger partial charge on any atom is 0.417 e. The largest absolute Gasteiger partial charge is 0.486 e. The first kappa shape index (κ1) is 22.3. The molecule has 0 bridgehead atoms. The average Bonchev–Trinajstić information content (AvgIpc) is 2.78. The Bertz CT molecular complexity index is 964. The van der Waals surface area contributed by atoms with Gasteiger partial charge in [-0.2, -0.15) is 13.2 Å². The van der Waals surface area contributed by atoms with E-state index in [1.807, 2.05) is 4.90 Å². The van der Waals surface area contributed by atoms with Crippen LogP contribution in [0.15, 0.2) is 30.5 Å². The third-order valence-electron chi connectivity index (χ3n) is 5.34. The number of carbonyl (C=O) groups is 1. The van der Waals surface area contributed by atoms with Crippen LogP contribution >= 0.6 is 11.6 Å². The molecule has 1 saturated heterocycles. The normalized spacial score (nSPS) is 16.6. The van der Waals surface area contributed by atoms with E-state index in [1.165, 1.54) is 6.07 Å². The van der Waals surface area contributed by atoms with Gasteiger partial charge < -0.3 is 25.0 Å². The van der Waals surface area contributed by atoms with Crippen LogP contribution in [0.25, 0.3) is 0 Å². The van der Waals surface area contributed by atoms with E-state index in [1.54, 1.807) is 12.1 Å². The zero-order chi connectivity index (χ0) is 22.7. The van der Waals surface area contributed by atoms with E-state index in [4.69, 9.17) is 21.1 Å². The molecule has 0 radical (unpaired) electrons. The van der Waals surface area contributed by atoms with Crippen molar-refractivity contribution < 1.29 is 27.4 Å². The molecule has 7 nitrogen and oxygen atoms in total. The Morgan fingerprint density at radius 1 is 1.19 bits per heavy atom. The molecule has 1 aromatic carbocycles. The number of piperidine rings is 1. The van der Waals surface area contributed by atoms with E-state index in [-0.39, 0.29) is 18.6 Å². The van der Waals surface area contributed by atoms with Gasteiger partial charge in [0.25, 0.3) is 0 Å². The zero-order valence-corrected chi connectivity index (χ0v) is 17.8. The topological polar surface area (TPSA) is 75.7 Å². The van der Waals surface area contributed by atoms with E-state index >= 15 is 0 Å². The van der Waals surface area contributed by atoms with Gasteiger partial charge in [-0.15, -0.1) is 0 Å². The van der Waals surface area contributed by atoms with E-state index in [2.05, 4.69) is 15.6 Å². The SMILES string of the molecule is O=C(NCc1cc(Cl)c2c(c1)OCCO2)NC1CCN(c2ccc(C(F)(F)F)cn2)CC1. The van der Waals surface area contributed by atoms with Gasteiger partial charge in [0.1, 0.15) is 19.0 Å². The fourth-order valence-corrected chi connectivity index (χ4v) is 3.97. The average molecular weight is 471 g/mol. The highest BCUT2D eigenvalue weighted by Gasteiger charge is 2.31. The number of hydrogen-bond acceptors (Lipinski definition) is 5. The molecule has 2 aromatic rings. The predicted octanol–water partition coefficient (Wildman–Crippen LogP) is 3.99. The minimum atomic E-state index is -4.40. The highest BCUT2D eigenvalue weighted by atomic mass is 35.5. The summed E-state index contributed by atoms with van der Waals surface area (Å²) in [6.07, 6.45) is -2.24. The third-order valence-corrected chi connectivity index (χ3v) is 5.62. The standard InChI is InChI=1S/C21H22ClF3N4O3/c22-16-9-13(10-17-19(16)32-8-7-31-17)11-27-20(30)28-15-3-5-29(6-4-15)18-2-1-14(12-26-18)21(23,24)25/h1-2,9-10,12,15H,3-8,11H2,(H2,27,28,30). The molecule has 172 valence electrons. The van der Waals surface area contributed by atoms with Gasteiger partial charge in [0, 0.05) is 31.9 Å². The zero-order valence-electron chi connectivity index (χ0n) is 17.0. The van der Waals surface area contributed by atoms with Crippen molar-refractivity contribution in [3.63, 3.8) is 0 Å². The number of pyridine rings is 1. The summed E-state index contributed by atoms with van der Waals surface area (Å²) in [5, 5.41) is 6.17. The maximum absolute atomic E-state index is 12.7. The van der Waals surface area contributed by atoms with Crippen LogP contribution in [0.5, 0.6) is 11.5 Å². The maximum atomic E-state index is 12.7. The third kappa shape index (κ3) is 5.29. The van der Waals surface area contributed by atoms with Gasteiger partial charge in [-0.1, -0.05) is 11.6 Å². The smallest absolute Gasteiger partial charge is 0.417 e. The molecule has 0 spiro atoms. The van der Waals surface area contributed by atoms with Crippen molar-refractivity contribution in [2.24, 2.45) is 0 Å². The van der Waals surface area contributed by atoms with Crippen LogP contribution in [0, 0.1) is 0 Å². The number of halogens is 4. The molecule has 2 N–H and O–H groups in total. The fraction of sp³-hybridized carbons (Fsp3) is 0.429. The summed E-state index contributed by atoms with van der Waals surface area (Å²) in [6.45, 7) is 2.33. The number of ether oxygens (including phenoxy) is 2. The number of fused-ring (bicyclic) bond motifs is 1. The molecule has 2 amide bonds. The number of amides is 2. The van der Waals surface area contributed by atoms with Crippen LogP contribution in [-0.4, -0.2) is 43.4 Å². The van der Waals surface area contributed by atoms with Crippen molar-refractivity contribution in [1.82, 2.24) is 15.6 Å². The van der Waals surface area contributed by atoms with Crippen molar-refractivity contribution >= 4 is 23.4 Å². The summed E-state index contributed by atoms with van der Waals surface area (Å²) in [4.78, 5) is 18.1. The van der Waals surface area contributed by atoms with Gasteiger partial charge in [0.2, 0.25) is 0 Å². The second-order valence-corrected chi connectivity index (χ2v) is 8.00. The number of rotatable bonds is 4. The highest BCUT2D eigenvalue weighted by molar-refractivity contribution is 6.32. The van der Waals surface area contributed by atoms with Gasteiger partial charge in [-0.05, 0) is 42.7 Å². The minimum absolute atomic E-state index is 0.0375. The van der Waals surface area contributed by atoms with Gasteiger partial charge in [-0.25, -0.2) is 9.78 Å². The van der Waals surface area contributed by atoms with Crippen molar-refractivity contribution in [1.29, 1.82) is 0 Å². The molecular formula is C21H22ClF3N4O3. The van der Waals surface area contributed by atoms with E-state index in [9.17, 15) is 18.0 Å². The number of hydrogen-bond donors (Lipinski definition) is 2. The first-order chi connectivity index (χ1) is 15.3. The summed E-state index contributed by atoms with van der Waals surface area (Å²) in [5.74, 6) is 1.57. The molecule has 11 heteroatoms. The quantitative estimate of drug-likeness (QED) is 0.706. The Kier molecular flexibility index (Phi) is 6.50. The first-order valence-electron chi connectivity index (χ1n) is 10.2. The van der Waals surface area contributed by atoms with Crippen molar-refractivity contribution in [3.8, 4) is 11.5 Å². The van der Waals surface area contributed by atoms with Crippen molar-refractivity contribution in [2.75, 3.05) is 31.2 Å². The molecule has 4 rings (SSSR count). The Hall–Kier alpha value is -2.88. The molecule has 3 heterocycles. The lowest BCUT2D eigenvalue weighted by atomic mass is 10.1. The second kappa shape index (κ2) is 9.32. The van der Waals surface area contributed by atoms with E-state index in [0.717, 1.165) is 17.8 Å². The van der Waals surface area contributed by atoms with Gasteiger partial charge in [-0.3, -0.25) is 0 Å². The number of aromatic nitrogens is 1. The summed E-state index contributed by atoms with van der Waals surface area (Å²) in [6, 6.07) is 5.58. The van der Waals surface area contributed by atoms with Crippen LogP contribution in [0.3, 0.4) is 0 Å². The monoisotopic (exact) mass is 470 g/mol. The molecular weight excluding hydrogens is 449 g/mol. The molecule has 0 aliphatic carbocycles. The van der Waals surface area contributed by atoms with Gasteiger partial charge in [0.15, 0.2) is 11.5 Å². The Morgan fingerprint density at radius 3 is 2.62 bits per heavy atom. The molecule has 1 fully saturated rings. The molecule has 1 aromatic heterocycles. The van der Waals surface area contributed by atoms with Crippen LogP contribution in [0.4, 0.5) is 23.8 Å². The lowest BCUT2D eigenvalue weighted by molar-refractivity contribution is -0.137. The van der Waals surface area contributed by atoms with E-state index in [0.29, 0.717) is 61.5 Å². The summed E-state index contributed by atoms with van der Waals surface area (Å²) in [7, 11) is 0. The highest BCUT2D eigenvalue weighted by Crippen LogP contribution is 2.38. The Balaban J connectivity index is 1.24. The molecule has 32 heavy (non-hydrogen) atoms. The van der Waals surface area contributed by atoms with Gasteiger partial charge in [0.05, 0.1) is 10.6 Å². The molecule has 2 aliphatic rings. The summed E-state index contributed by atoms with van der Waals surface area (Å²) < 4.78 is 49.1. The Morgan fingerprint density at radius 2 is 1.94 bits per heavy atom. The second-order valence-electron chi connectivity index (χ2n) is 7.59.